The fourth-order valence-corrected chi connectivity index (χ4v) is 1.70. The van der Waals surface area contributed by atoms with Gasteiger partial charge in [-0.2, -0.15) is 16.8 Å². The van der Waals surface area contributed by atoms with Crippen LogP contribution in [-0.2, 0) is 28.6 Å². The summed E-state index contributed by atoms with van der Waals surface area (Å²) in [6.07, 6.45) is 1.11. The van der Waals surface area contributed by atoms with E-state index >= 15 is 0 Å². The average Bonchev–Trinajstić information content (AvgIpc) is 1.78. The van der Waals surface area contributed by atoms with Gasteiger partial charge in [-0.3, -0.25) is 0 Å². The summed E-state index contributed by atoms with van der Waals surface area (Å²) in [7, 11) is -8.33. The van der Waals surface area contributed by atoms with Crippen molar-refractivity contribution in [1.82, 2.24) is 0 Å². The van der Waals surface area contributed by atoms with Gasteiger partial charge in [-0.1, -0.05) is 0 Å². The van der Waals surface area contributed by atoms with Crippen LogP contribution in [0.1, 0.15) is 0 Å². The number of hydrogen-bond donors (Lipinski definition) is 2. The third kappa shape index (κ3) is 6.23. The van der Waals surface area contributed by atoms with Gasteiger partial charge in [0.05, 0.1) is 12.5 Å². The van der Waals surface area contributed by atoms with Crippen molar-refractivity contribution in [3.63, 3.8) is 0 Å². The second-order valence-corrected chi connectivity index (χ2v) is 5.60. The van der Waals surface area contributed by atoms with Crippen LogP contribution in [0.4, 0.5) is 0 Å². The molecule has 0 amide bonds. The van der Waals surface area contributed by atoms with Gasteiger partial charge >= 0.3 is 5.97 Å². The summed E-state index contributed by atoms with van der Waals surface area (Å²) in [5.74, 6) is -3.11. The predicted molar refractivity (Wildman–Crippen MR) is 43.9 cm³/mol. The summed E-state index contributed by atoms with van der Waals surface area (Å²) in [6.45, 7) is -1.35. The first-order valence-corrected chi connectivity index (χ1v) is 6.75. The lowest BCUT2D eigenvalue weighted by atomic mass is 10.6. The van der Waals surface area contributed by atoms with Crippen molar-refractivity contribution >= 4 is 20.2 Å². The summed E-state index contributed by atoms with van der Waals surface area (Å²) < 4.78 is 49.7. The lowest BCUT2D eigenvalue weighted by molar-refractivity contribution is -0.284. The van der Waals surface area contributed by atoms with E-state index in [1.54, 1.807) is 0 Å². The molecule has 0 fully saturated rings. The molecule has 0 aromatic carbocycles. The number of hydrogen-bond acceptors (Lipinski definition) is 8. The van der Waals surface area contributed by atoms with Crippen molar-refractivity contribution in [3.05, 3.63) is 0 Å². The van der Waals surface area contributed by atoms with Crippen molar-refractivity contribution in [2.75, 3.05) is 19.1 Å². The average molecular weight is 250 g/mol. The molecule has 14 heavy (non-hydrogen) atoms. The Hall–Kier alpha value is -0.260. The largest absolute Gasteiger partial charge is 0.388 e. The summed E-state index contributed by atoms with van der Waals surface area (Å²) in [4.78, 5) is 0. The van der Waals surface area contributed by atoms with Crippen molar-refractivity contribution in [3.8, 4) is 0 Å². The molecule has 0 bridgehead atoms. The first-order valence-electron chi connectivity index (χ1n) is 3.12. The Morgan fingerprint density at radius 1 is 1.07 bits per heavy atom. The molecule has 0 unspecified atom stereocenters. The van der Waals surface area contributed by atoms with Gasteiger partial charge in [0.15, 0.2) is 0 Å². The molecule has 0 aliphatic rings. The topological polar surface area (TPSA) is 127 Å². The van der Waals surface area contributed by atoms with Crippen LogP contribution >= 0.6 is 0 Å². The van der Waals surface area contributed by atoms with E-state index in [-0.39, 0.29) is 0 Å². The van der Waals surface area contributed by atoms with E-state index in [1.165, 1.54) is 0 Å². The number of aliphatic hydroxyl groups is 2. The van der Waals surface area contributed by atoms with Gasteiger partial charge in [0, 0.05) is 0 Å². The van der Waals surface area contributed by atoms with E-state index in [9.17, 15) is 16.8 Å². The molecule has 0 saturated heterocycles. The fourth-order valence-electron chi connectivity index (χ4n) is 0.540. The Balaban J connectivity index is 4.84. The van der Waals surface area contributed by atoms with Gasteiger partial charge < -0.3 is 10.2 Å². The Kier molecular flexibility index (Phi) is 4.01. The molecule has 0 spiro atoms. The van der Waals surface area contributed by atoms with E-state index < -0.39 is 32.8 Å². The summed E-state index contributed by atoms with van der Waals surface area (Å²) in [5.41, 5.74) is 0. The van der Waals surface area contributed by atoms with Gasteiger partial charge in [0.25, 0.3) is 20.2 Å². The standard InChI is InChI=1S/C4H10O8S2/c1-13(7,8)11-4(6,3-5)12-14(2,9)10/h5-6H,3H2,1-2H3. The first kappa shape index (κ1) is 13.7. The van der Waals surface area contributed by atoms with Crippen molar-refractivity contribution in [1.29, 1.82) is 0 Å². The molecule has 0 rings (SSSR count). The molecule has 0 aliphatic carbocycles. The Morgan fingerprint density at radius 2 is 1.36 bits per heavy atom. The zero-order valence-electron chi connectivity index (χ0n) is 7.37. The minimum absolute atomic E-state index is 0.555. The highest BCUT2D eigenvalue weighted by Crippen LogP contribution is 2.14. The van der Waals surface area contributed by atoms with Crippen LogP contribution < -0.4 is 0 Å². The van der Waals surface area contributed by atoms with E-state index in [4.69, 9.17) is 10.2 Å². The highest BCUT2D eigenvalue weighted by molar-refractivity contribution is 7.86. The number of rotatable bonds is 5. The highest BCUT2D eigenvalue weighted by Gasteiger charge is 2.37. The first-order chi connectivity index (χ1) is 5.97. The van der Waals surface area contributed by atoms with E-state index in [0.29, 0.717) is 12.5 Å². The minimum atomic E-state index is -4.17. The quantitative estimate of drug-likeness (QED) is 0.407. The van der Waals surface area contributed by atoms with Gasteiger partial charge in [-0.25, -0.2) is 8.37 Å². The minimum Gasteiger partial charge on any atom is -0.388 e. The lowest BCUT2D eigenvalue weighted by Gasteiger charge is -2.22. The molecule has 0 aromatic heterocycles. The smallest absolute Gasteiger partial charge is 0.334 e. The Morgan fingerprint density at radius 3 is 1.50 bits per heavy atom. The zero-order chi connectivity index (χ0) is 11.6. The monoisotopic (exact) mass is 250 g/mol. The maximum Gasteiger partial charge on any atom is 0.334 e. The molecule has 0 atom stereocenters. The summed E-state index contributed by atoms with van der Waals surface area (Å²) in [6, 6.07) is 0. The number of aliphatic hydroxyl groups excluding tert-OH is 1. The van der Waals surface area contributed by atoms with Crippen LogP contribution in [0.15, 0.2) is 0 Å². The molecule has 8 nitrogen and oxygen atoms in total. The van der Waals surface area contributed by atoms with Gasteiger partial charge in [-0.15, -0.1) is 0 Å². The molecule has 0 radical (unpaired) electrons. The highest BCUT2D eigenvalue weighted by atomic mass is 32.2. The Labute approximate surface area is 81.3 Å². The second-order valence-electron chi connectivity index (χ2n) is 2.45. The van der Waals surface area contributed by atoms with Crippen LogP contribution in [-0.4, -0.2) is 52.1 Å². The summed E-state index contributed by atoms with van der Waals surface area (Å²) >= 11 is 0. The van der Waals surface area contributed by atoms with Crippen LogP contribution in [0.3, 0.4) is 0 Å². The molecule has 0 heterocycles. The van der Waals surface area contributed by atoms with E-state index in [1.807, 2.05) is 0 Å². The zero-order valence-corrected chi connectivity index (χ0v) is 9.00. The SMILES string of the molecule is CS(=O)(=O)OC(O)(CO)OS(C)(=O)=O. The lowest BCUT2D eigenvalue weighted by Crippen LogP contribution is -2.42. The second kappa shape index (κ2) is 4.08. The maximum absolute atomic E-state index is 10.5. The fraction of sp³-hybridized carbons (Fsp3) is 1.00. The van der Waals surface area contributed by atoms with E-state index in [2.05, 4.69) is 8.37 Å². The van der Waals surface area contributed by atoms with Gasteiger partial charge in [0.1, 0.15) is 6.61 Å². The van der Waals surface area contributed by atoms with E-state index in [0.717, 1.165) is 0 Å². The van der Waals surface area contributed by atoms with Crippen LogP contribution in [0.5, 0.6) is 0 Å². The summed E-state index contributed by atoms with van der Waals surface area (Å²) in [5, 5.41) is 17.5. The predicted octanol–water partition coefficient (Wildman–Crippen LogP) is -2.42. The van der Waals surface area contributed by atoms with Crippen molar-refractivity contribution in [2.45, 2.75) is 5.97 Å². The van der Waals surface area contributed by atoms with Crippen LogP contribution in [0.2, 0.25) is 0 Å². The molecule has 0 aliphatic heterocycles. The molecule has 10 heteroatoms. The van der Waals surface area contributed by atoms with Crippen LogP contribution in [0, 0.1) is 0 Å². The van der Waals surface area contributed by atoms with Crippen LogP contribution in [0.25, 0.3) is 0 Å². The van der Waals surface area contributed by atoms with Gasteiger partial charge in [0.2, 0.25) is 0 Å². The molecule has 2 N–H and O–H groups in total. The molecular formula is C4H10O8S2. The third-order valence-electron chi connectivity index (χ3n) is 0.763. The normalized spacial score (nSPS) is 14.3. The molecule has 86 valence electrons. The van der Waals surface area contributed by atoms with Crippen molar-refractivity contribution in [2.24, 2.45) is 0 Å². The maximum atomic E-state index is 10.5. The Bertz CT molecular complexity index is 344. The third-order valence-corrected chi connectivity index (χ3v) is 1.89. The van der Waals surface area contributed by atoms with Gasteiger partial charge in [-0.05, 0) is 0 Å². The molecule has 0 saturated carbocycles. The molecular weight excluding hydrogens is 240 g/mol. The molecule has 0 aromatic rings. The van der Waals surface area contributed by atoms with Crippen molar-refractivity contribution < 1.29 is 35.4 Å².